The zero-order valence-electron chi connectivity index (χ0n) is 11.6. The van der Waals surface area contributed by atoms with E-state index in [1.807, 2.05) is 0 Å². The van der Waals surface area contributed by atoms with E-state index >= 15 is 0 Å². The van der Waals surface area contributed by atoms with Crippen LogP contribution in [-0.4, -0.2) is 24.3 Å². The highest BCUT2D eigenvalue weighted by Gasteiger charge is 2.12. The van der Waals surface area contributed by atoms with Crippen molar-refractivity contribution >= 4 is 0 Å². The van der Waals surface area contributed by atoms with Crippen LogP contribution in [0.25, 0.3) is 0 Å². The number of rotatable bonds is 10. The van der Waals surface area contributed by atoms with Crippen LogP contribution >= 0.6 is 0 Å². The van der Waals surface area contributed by atoms with Crippen LogP contribution in [0.2, 0.25) is 0 Å². The van der Waals surface area contributed by atoms with Crippen molar-refractivity contribution in [2.75, 3.05) is 13.2 Å². The Bertz CT molecular complexity index is 148. The van der Waals surface area contributed by atoms with Crippen LogP contribution in [0.4, 0.5) is 0 Å². The van der Waals surface area contributed by atoms with Gasteiger partial charge in [0.15, 0.2) is 0 Å². The molecular formula is C14H31NO. The summed E-state index contributed by atoms with van der Waals surface area (Å²) >= 11 is 0. The summed E-state index contributed by atoms with van der Waals surface area (Å²) in [6, 6.07) is 0.665. The Morgan fingerprint density at radius 2 is 1.81 bits per heavy atom. The second-order valence-electron chi connectivity index (χ2n) is 5.31. The minimum absolute atomic E-state index is 0.323. The van der Waals surface area contributed by atoms with Crippen LogP contribution < -0.4 is 5.32 Å². The summed E-state index contributed by atoms with van der Waals surface area (Å²) in [5.41, 5.74) is 0. The molecule has 0 saturated carbocycles. The molecule has 0 saturated heterocycles. The van der Waals surface area contributed by atoms with Crippen molar-refractivity contribution in [3.8, 4) is 0 Å². The van der Waals surface area contributed by atoms with E-state index in [0.717, 1.165) is 18.9 Å². The molecule has 2 N–H and O–H groups in total. The molecule has 0 radical (unpaired) electrons. The molecule has 0 aromatic carbocycles. The summed E-state index contributed by atoms with van der Waals surface area (Å²) in [4.78, 5) is 0. The molecule has 0 aliphatic carbocycles. The van der Waals surface area contributed by atoms with Crippen LogP contribution in [0.15, 0.2) is 0 Å². The lowest BCUT2D eigenvalue weighted by Gasteiger charge is -2.23. The number of aliphatic hydroxyl groups excluding tert-OH is 1. The topological polar surface area (TPSA) is 32.3 Å². The van der Waals surface area contributed by atoms with E-state index in [-0.39, 0.29) is 0 Å². The molecule has 0 spiro atoms. The Hall–Kier alpha value is -0.0800. The van der Waals surface area contributed by atoms with Gasteiger partial charge in [-0.2, -0.15) is 0 Å². The highest BCUT2D eigenvalue weighted by Crippen LogP contribution is 2.15. The monoisotopic (exact) mass is 229 g/mol. The average molecular weight is 229 g/mol. The second-order valence-corrected chi connectivity index (χ2v) is 5.31. The summed E-state index contributed by atoms with van der Waals surface area (Å²) in [5, 5.41) is 12.7. The van der Waals surface area contributed by atoms with Gasteiger partial charge in [-0.3, -0.25) is 0 Å². The third-order valence-electron chi connectivity index (χ3n) is 3.17. The predicted octanol–water partition coefficient (Wildman–Crippen LogP) is 3.20. The van der Waals surface area contributed by atoms with E-state index in [0.29, 0.717) is 18.6 Å². The van der Waals surface area contributed by atoms with Crippen LogP contribution in [0.1, 0.15) is 59.8 Å². The predicted molar refractivity (Wildman–Crippen MR) is 71.6 cm³/mol. The fraction of sp³-hybridized carbons (Fsp3) is 1.00. The number of hydrogen-bond donors (Lipinski definition) is 2. The van der Waals surface area contributed by atoms with Gasteiger partial charge in [0.25, 0.3) is 0 Å². The number of hydrogen-bond acceptors (Lipinski definition) is 2. The third-order valence-corrected chi connectivity index (χ3v) is 3.17. The highest BCUT2D eigenvalue weighted by molar-refractivity contribution is 4.69. The summed E-state index contributed by atoms with van der Waals surface area (Å²) in [6.07, 6.45) is 5.88. The molecule has 2 heteroatoms. The molecular weight excluding hydrogens is 198 g/mol. The van der Waals surface area contributed by atoms with E-state index in [1.54, 1.807) is 0 Å². The molecule has 0 aromatic rings. The van der Waals surface area contributed by atoms with Gasteiger partial charge in [0.1, 0.15) is 0 Å². The zero-order chi connectivity index (χ0) is 12.4. The van der Waals surface area contributed by atoms with E-state index in [2.05, 4.69) is 33.0 Å². The molecule has 0 amide bonds. The smallest absolute Gasteiger partial charge is 0.0434 e. The Kier molecular flexibility index (Phi) is 10.0. The van der Waals surface area contributed by atoms with Crippen molar-refractivity contribution in [1.29, 1.82) is 0 Å². The van der Waals surface area contributed by atoms with E-state index < -0.39 is 0 Å². The van der Waals surface area contributed by atoms with Gasteiger partial charge in [0.05, 0.1) is 0 Å². The highest BCUT2D eigenvalue weighted by atomic mass is 16.3. The minimum Gasteiger partial charge on any atom is -0.396 e. The molecule has 2 nitrogen and oxygen atoms in total. The molecule has 2 atom stereocenters. The van der Waals surface area contributed by atoms with E-state index in [9.17, 15) is 0 Å². The first kappa shape index (κ1) is 15.9. The molecule has 98 valence electrons. The van der Waals surface area contributed by atoms with Gasteiger partial charge in [0.2, 0.25) is 0 Å². The fourth-order valence-corrected chi connectivity index (χ4v) is 2.28. The second kappa shape index (κ2) is 10.1. The maximum Gasteiger partial charge on any atom is 0.0434 e. The summed E-state index contributed by atoms with van der Waals surface area (Å²) in [6.45, 7) is 10.4. The lowest BCUT2D eigenvalue weighted by molar-refractivity contribution is 0.235. The molecule has 16 heavy (non-hydrogen) atoms. The quantitative estimate of drug-likeness (QED) is 0.603. The van der Waals surface area contributed by atoms with Crippen LogP contribution in [-0.2, 0) is 0 Å². The molecule has 0 aromatic heterocycles. The van der Waals surface area contributed by atoms with Crippen LogP contribution in [0.5, 0.6) is 0 Å². The summed E-state index contributed by atoms with van der Waals surface area (Å²) in [5.74, 6) is 1.36. The molecule has 2 unspecified atom stereocenters. The molecule has 0 bridgehead atoms. The maximum atomic E-state index is 9.05. The lowest BCUT2D eigenvalue weighted by atomic mass is 9.94. The number of nitrogens with one attached hydrogen (secondary N) is 1. The van der Waals surface area contributed by atoms with Gasteiger partial charge in [-0.15, -0.1) is 0 Å². The molecule has 0 aliphatic heterocycles. The van der Waals surface area contributed by atoms with Crippen molar-refractivity contribution in [2.24, 2.45) is 11.8 Å². The average Bonchev–Trinajstić information content (AvgIpc) is 2.23. The molecule has 0 heterocycles. The Morgan fingerprint density at radius 1 is 1.12 bits per heavy atom. The van der Waals surface area contributed by atoms with Gasteiger partial charge >= 0.3 is 0 Å². The first-order valence-electron chi connectivity index (χ1n) is 6.98. The van der Waals surface area contributed by atoms with Gasteiger partial charge in [-0.1, -0.05) is 34.1 Å². The van der Waals surface area contributed by atoms with E-state index in [1.165, 1.54) is 25.7 Å². The normalized spacial score (nSPS) is 15.4. The van der Waals surface area contributed by atoms with Crippen LogP contribution in [0.3, 0.4) is 0 Å². The van der Waals surface area contributed by atoms with Crippen molar-refractivity contribution in [1.82, 2.24) is 5.32 Å². The fourth-order valence-electron chi connectivity index (χ4n) is 2.28. The van der Waals surface area contributed by atoms with Crippen molar-refractivity contribution in [3.63, 3.8) is 0 Å². The first-order chi connectivity index (χ1) is 7.63. The Morgan fingerprint density at radius 3 is 2.25 bits per heavy atom. The van der Waals surface area contributed by atoms with Crippen molar-refractivity contribution in [2.45, 2.75) is 65.8 Å². The van der Waals surface area contributed by atoms with Gasteiger partial charge in [-0.25, -0.2) is 0 Å². The number of aliphatic hydroxyl groups is 1. The van der Waals surface area contributed by atoms with Crippen LogP contribution in [0, 0.1) is 11.8 Å². The largest absolute Gasteiger partial charge is 0.396 e. The standard InChI is InChI=1S/C14H31NO/c1-5-7-14(6-2)15-11-13(8-9-16)10-12(3)4/h12-16H,5-11H2,1-4H3. The third kappa shape index (κ3) is 8.12. The molecule has 0 aliphatic rings. The van der Waals surface area contributed by atoms with E-state index in [4.69, 9.17) is 5.11 Å². The van der Waals surface area contributed by atoms with Gasteiger partial charge in [0, 0.05) is 12.6 Å². The van der Waals surface area contributed by atoms with Crippen molar-refractivity contribution in [3.05, 3.63) is 0 Å². The Balaban J connectivity index is 3.88. The van der Waals surface area contributed by atoms with Gasteiger partial charge < -0.3 is 10.4 Å². The SMILES string of the molecule is CCCC(CC)NCC(CCO)CC(C)C. The summed E-state index contributed by atoms with van der Waals surface area (Å²) in [7, 11) is 0. The molecule has 0 fully saturated rings. The molecule has 0 rings (SSSR count). The van der Waals surface area contributed by atoms with Gasteiger partial charge in [-0.05, 0) is 44.1 Å². The van der Waals surface area contributed by atoms with Crippen molar-refractivity contribution < 1.29 is 5.11 Å². The lowest BCUT2D eigenvalue weighted by Crippen LogP contribution is -2.33. The zero-order valence-corrected chi connectivity index (χ0v) is 11.6. The first-order valence-corrected chi connectivity index (χ1v) is 6.98. The minimum atomic E-state index is 0.323. The Labute approximate surface area is 102 Å². The summed E-state index contributed by atoms with van der Waals surface area (Å²) < 4.78 is 0. The maximum absolute atomic E-state index is 9.05.